The predicted octanol–water partition coefficient (Wildman–Crippen LogP) is 4.32. The maximum absolute atomic E-state index is 12.4. The molecule has 0 aliphatic heterocycles. The predicted molar refractivity (Wildman–Crippen MR) is 116 cm³/mol. The molecule has 0 radical (unpaired) electrons. The molecule has 4 rings (SSSR count). The van der Waals surface area contributed by atoms with Gasteiger partial charge in [0.1, 0.15) is 18.4 Å². The quantitative estimate of drug-likeness (QED) is 0.532. The number of ether oxygens (including phenoxy) is 1. The van der Waals surface area contributed by atoms with E-state index in [4.69, 9.17) is 4.74 Å². The number of aryl methyl sites for hydroxylation is 1. The molecule has 3 aromatic carbocycles. The Bertz CT molecular complexity index is 1060. The molecule has 1 atom stereocenters. The number of phenols is 1. The van der Waals surface area contributed by atoms with Gasteiger partial charge in [0.05, 0.1) is 0 Å². The highest BCUT2D eigenvalue weighted by Crippen LogP contribution is 2.44. The van der Waals surface area contributed by atoms with Crippen LogP contribution in [0.3, 0.4) is 0 Å². The molecular weight excluding hydrogens is 394 g/mol. The molecule has 3 N–H and O–H groups in total. The first kappa shape index (κ1) is 20.5. The Morgan fingerprint density at radius 3 is 2.19 bits per heavy atom. The number of carbonyl (C=O) groups excluding carboxylic acids is 1. The standard InChI is InChI=1S/C25H23NO5/c27-17-7-5-6-16(14-17)12-13-23(24(28)29)26-25(30)31-15-22-20-10-3-1-8-18(20)19-9-2-4-11-21(19)22/h1-11,14,22-23,27H,12-13,15H2,(H,26,30)(H,28,29). The number of benzene rings is 3. The van der Waals surface area contributed by atoms with E-state index in [-0.39, 0.29) is 24.7 Å². The summed E-state index contributed by atoms with van der Waals surface area (Å²) in [6.07, 6.45) is -0.178. The number of carboxylic acid groups (broad SMARTS) is 1. The van der Waals surface area contributed by atoms with Crippen molar-refractivity contribution in [2.75, 3.05) is 6.61 Å². The van der Waals surface area contributed by atoms with Crippen molar-refractivity contribution in [2.24, 2.45) is 0 Å². The van der Waals surface area contributed by atoms with Crippen molar-refractivity contribution in [3.8, 4) is 16.9 Å². The minimum atomic E-state index is -1.13. The van der Waals surface area contributed by atoms with Crippen molar-refractivity contribution in [3.63, 3.8) is 0 Å². The van der Waals surface area contributed by atoms with Gasteiger partial charge in [0.15, 0.2) is 0 Å². The fourth-order valence-electron chi connectivity index (χ4n) is 4.06. The molecule has 0 saturated heterocycles. The average molecular weight is 417 g/mol. The number of carboxylic acids is 1. The molecule has 1 aliphatic carbocycles. The molecule has 0 fully saturated rings. The van der Waals surface area contributed by atoms with Crippen LogP contribution in [-0.4, -0.2) is 34.9 Å². The Labute approximate surface area is 180 Å². The molecule has 6 nitrogen and oxygen atoms in total. The zero-order valence-corrected chi connectivity index (χ0v) is 16.8. The van der Waals surface area contributed by atoms with Crippen LogP contribution in [-0.2, 0) is 16.0 Å². The topological polar surface area (TPSA) is 95.9 Å². The average Bonchev–Trinajstić information content (AvgIpc) is 3.09. The Kier molecular flexibility index (Phi) is 5.89. The molecule has 1 unspecified atom stereocenters. The van der Waals surface area contributed by atoms with E-state index in [0.29, 0.717) is 6.42 Å². The molecule has 0 bridgehead atoms. The Balaban J connectivity index is 1.38. The number of hydrogen-bond acceptors (Lipinski definition) is 4. The maximum atomic E-state index is 12.4. The van der Waals surface area contributed by atoms with Gasteiger partial charge >= 0.3 is 12.1 Å². The number of carbonyl (C=O) groups is 2. The van der Waals surface area contributed by atoms with Crippen LogP contribution >= 0.6 is 0 Å². The van der Waals surface area contributed by atoms with Gasteiger partial charge < -0.3 is 20.3 Å². The smallest absolute Gasteiger partial charge is 0.407 e. The summed E-state index contributed by atoms with van der Waals surface area (Å²) in [6, 6.07) is 21.6. The van der Waals surface area contributed by atoms with Crippen LogP contribution in [0.2, 0.25) is 0 Å². The van der Waals surface area contributed by atoms with Gasteiger partial charge in [0.25, 0.3) is 0 Å². The minimum Gasteiger partial charge on any atom is -0.508 e. The summed E-state index contributed by atoms with van der Waals surface area (Å²) in [5, 5.41) is 21.5. The number of nitrogens with one attached hydrogen (secondary N) is 1. The van der Waals surface area contributed by atoms with E-state index in [1.807, 2.05) is 36.4 Å². The molecular formula is C25H23NO5. The van der Waals surface area contributed by atoms with Gasteiger partial charge in [-0.25, -0.2) is 9.59 Å². The summed E-state index contributed by atoms with van der Waals surface area (Å²) < 4.78 is 5.44. The number of alkyl carbamates (subject to hydrolysis) is 1. The van der Waals surface area contributed by atoms with E-state index >= 15 is 0 Å². The van der Waals surface area contributed by atoms with E-state index in [2.05, 4.69) is 17.4 Å². The number of amides is 1. The van der Waals surface area contributed by atoms with Crippen LogP contribution in [0.5, 0.6) is 5.75 Å². The zero-order valence-electron chi connectivity index (χ0n) is 16.8. The summed E-state index contributed by atoms with van der Waals surface area (Å²) in [6.45, 7) is 0.124. The highest BCUT2D eigenvalue weighted by atomic mass is 16.5. The van der Waals surface area contributed by atoms with Crippen LogP contribution in [0.25, 0.3) is 11.1 Å². The van der Waals surface area contributed by atoms with Crippen molar-refractivity contribution in [3.05, 3.63) is 89.5 Å². The van der Waals surface area contributed by atoms with Crippen molar-refractivity contribution in [1.82, 2.24) is 5.32 Å². The second-order valence-electron chi connectivity index (χ2n) is 7.57. The number of phenolic OH excluding ortho intramolecular Hbond substituents is 1. The summed E-state index contributed by atoms with van der Waals surface area (Å²) >= 11 is 0. The Morgan fingerprint density at radius 1 is 0.935 bits per heavy atom. The van der Waals surface area contributed by atoms with Gasteiger partial charge in [-0.3, -0.25) is 0 Å². The summed E-state index contributed by atoms with van der Waals surface area (Å²) in [5.41, 5.74) is 5.23. The summed E-state index contributed by atoms with van der Waals surface area (Å²) in [5.74, 6) is -1.10. The van der Waals surface area contributed by atoms with Crippen molar-refractivity contribution in [1.29, 1.82) is 0 Å². The number of aromatic hydroxyl groups is 1. The minimum absolute atomic E-state index is 0.0891. The fraction of sp³-hybridized carbons (Fsp3) is 0.200. The van der Waals surface area contributed by atoms with Crippen LogP contribution in [0.1, 0.15) is 29.0 Å². The molecule has 31 heavy (non-hydrogen) atoms. The lowest BCUT2D eigenvalue weighted by Crippen LogP contribution is -2.41. The van der Waals surface area contributed by atoms with Crippen LogP contribution < -0.4 is 5.32 Å². The monoisotopic (exact) mass is 417 g/mol. The zero-order chi connectivity index (χ0) is 21.8. The van der Waals surface area contributed by atoms with E-state index in [0.717, 1.165) is 27.8 Å². The van der Waals surface area contributed by atoms with Gasteiger partial charge in [-0.05, 0) is 52.8 Å². The summed E-state index contributed by atoms with van der Waals surface area (Å²) in [7, 11) is 0. The highest BCUT2D eigenvalue weighted by Gasteiger charge is 2.29. The molecule has 0 spiro atoms. The number of fused-ring (bicyclic) bond motifs is 3. The van der Waals surface area contributed by atoms with Crippen molar-refractivity contribution in [2.45, 2.75) is 24.8 Å². The van der Waals surface area contributed by atoms with Gasteiger partial charge in [-0.2, -0.15) is 0 Å². The molecule has 1 aliphatic rings. The number of hydrogen-bond donors (Lipinski definition) is 3. The lowest BCUT2D eigenvalue weighted by atomic mass is 9.98. The van der Waals surface area contributed by atoms with Gasteiger partial charge in [-0.15, -0.1) is 0 Å². The summed E-state index contributed by atoms with van der Waals surface area (Å²) in [4.78, 5) is 24.0. The van der Waals surface area contributed by atoms with Gasteiger partial charge in [0, 0.05) is 5.92 Å². The lowest BCUT2D eigenvalue weighted by molar-refractivity contribution is -0.139. The van der Waals surface area contributed by atoms with Crippen molar-refractivity contribution >= 4 is 12.1 Å². The molecule has 0 saturated carbocycles. The number of rotatable bonds is 7. The third-order valence-corrected chi connectivity index (χ3v) is 5.57. The largest absolute Gasteiger partial charge is 0.508 e. The van der Waals surface area contributed by atoms with E-state index in [1.54, 1.807) is 24.3 Å². The molecule has 158 valence electrons. The Morgan fingerprint density at radius 2 is 1.58 bits per heavy atom. The molecule has 3 aromatic rings. The molecule has 0 heterocycles. The van der Waals surface area contributed by atoms with E-state index in [9.17, 15) is 19.8 Å². The maximum Gasteiger partial charge on any atom is 0.407 e. The number of aliphatic carboxylic acids is 1. The molecule has 0 aromatic heterocycles. The van der Waals surface area contributed by atoms with Crippen molar-refractivity contribution < 1.29 is 24.5 Å². The van der Waals surface area contributed by atoms with E-state index in [1.165, 1.54) is 0 Å². The second kappa shape index (κ2) is 8.92. The van der Waals surface area contributed by atoms with Crippen LogP contribution in [0.15, 0.2) is 72.8 Å². The highest BCUT2D eigenvalue weighted by molar-refractivity contribution is 5.81. The second-order valence-corrected chi connectivity index (χ2v) is 7.57. The first-order valence-corrected chi connectivity index (χ1v) is 10.1. The molecule has 6 heteroatoms. The van der Waals surface area contributed by atoms with Gasteiger partial charge in [-0.1, -0.05) is 60.7 Å². The first-order valence-electron chi connectivity index (χ1n) is 10.1. The normalized spacial score (nSPS) is 13.2. The third kappa shape index (κ3) is 4.53. The lowest BCUT2D eigenvalue weighted by Gasteiger charge is -2.17. The fourth-order valence-corrected chi connectivity index (χ4v) is 4.06. The van der Waals surface area contributed by atoms with Crippen LogP contribution in [0.4, 0.5) is 4.79 Å². The van der Waals surface area contributed by atoms with Crippen LogP contribution in [0, 0.1) is 0 Å². The first-order chi connectivity index (χ1) is 15.0. The van der Waals surface area contributed by atoms with E-state index < -0.39 is 18.1 Å². The molecule has 1 amide bonds. The Hall–Kier alpha value is -3.80. The van der Waals surface area contributed by atoms with Gasteiger partial charge in [0.2, 0.25) is 0 Å². The third-order valence-electron chi connectivity index (χ3n) is 5.57. The SMILES string of the molecule is O=C(NC(CCc1cccc(O)c1)C(=O)O)OCC1c2ccccc2-c2ccccc21.